The molecule has 0 radical (unpaired) electrons. The van der Waals surface area contributed by atoms with Crippen molar-refractivity contribution in [3.8, 4) is 0 Å². The number of likely N-dealkylation sites (tertiary alicyclic amines) is 1. The highest BCUT2D eigenvalue weighted by atomic mass is 35.5. The van der Waals surface area contributed by atoms with E-state index in [1.807, 2.05) is 11.8 Å². The van der Waals surface area contributed by atoms with E-state index in [2.05, 4.69) is 17.6 Å². The zero-order valence-corrected chi connectivity index (χ0v) is 21.1. The van der Waals surface area contributed by atoms with E-state index in [1.165, 1.54) is 26.2 Å². The van der Waals surface area contributed by atoms with Gasteiger partial charge in [0.25, 0.3) is 0 Å². The Hall–Kier alpha value is -1.68. The van der Waals surface area contributed by atoms with Crippen LogP contribution in [0, 0.1) is 5.92 Å². The Morgan fingerprint density at radius 2 is 1.97 bits per heavy atom. The molecule has 180 valence electrons. The molecule has 3 atom stereocenters. The summed E-state index contributed by atoms with van der Waals surface area (Å²) in [5.41, 5.74) is 0.353. The second-order valence-corrected chi connectivity index (χ2v) is 11.2. The normalized spacial score (nSPS) is 19.4. The van der Waals surface area contributed by atoms with Crippen molar-refractivity contribution in [1.29, 1.82) is 0 Å². The maximum Gasteiger partial charge on any atom is 0.244 e. The number of carbonyl (C=O) groups excluding carboxylic acids is 2. The fourth-order valence-electron chi connectivity index (χ4n) is 3.83. The first-order valence-corrected chi connectivity index (χ1v) is 12.9. The SMILES string of the molecule is CCCC(C)NC(=O)C1CCCN(C(C)C(=O)Nc2ccc(Cl)c(S(=O)(=O)N(C)C)c2)C1. The molecule has 1 saturated heterocycles. The number of hydrogen-bond donors (Lipinski definition) is 2. The van der Waals surface area contributed by atoms with Crippen molar-refractivity contribution in [1.82, 2.24) is 14.5 Å². The fraction of sp³-hybridized carbons (Fsp3) is 0.636. The molecule has 0 aromatic heterocycles. The molecule has 0 spiro atoms. The van der Waals surface area contributed by atoms with Crippen LogP contribution in [0.15, 0.2) is 23.1 Å². The number of carbonyl (C=O) groups is 2. The molecule has 1 aromatic rings. The van der Waals surface area contributed by atoms with E-state index >= 15 is 0 Å². The Labute approximate surface area is 196 Å². The predicted octanol–water partition coefficient (Wildman–Crippen LogP) is 2.93. The van der Waals surface area contributed by atoms with Crippen LogP contribution < -0.4 is 10.6 Å². The number of sulfonamides is 1. The number of benzene rings is 1. The van der Waals surface area contributed by atoms with Gasteiger partial charge in [-0.1, -0.05) is 24.9 Å². The van der Waals surface area contributed by atoms with Gasteiger partial charge >= 0.3 is 0 Å². The molecule has 2 N–H and O–H groups in total. The number of hydrogen-bond acceptors (Lipinski definition) is 5. The molecule has 0 aliphatic carbocycles. The van der Waals surface area contributed by atoms with Crippen LogP contribution in [-0.4, -0.2) is 68.7 Å². The van der Waals surface area contributed by atoms with Crippen molar-refractivity contribution >= 4 is 39.1 Å². The van der Waals surface area contributed by atoms with Gasteiger partial charge in [-0.3, -0.25) is 14.5 Å². The Balaban J connectivity index is 2.05. The summed E-state index contributed by atoms with van der Waals surface area (Å²) in [6.45, 7) is 7.13. The maximum atomic E-state index is 12.9. The maximum absolute atomic E-state index is 12.9. The highest BCUT2D eigenvalue weighted by molar-refractivity contribution is 7.89. The first-order valence-electron chi connectivity index (χ1n) is 11.0. The fourth-order valence-corrected chi connectivity index (χ4v) is 5.22. The lowest BCUT2D eigenvalue weighted by molar-refractivity contribution is -0.129. The summed E-state index contributed by atoms with van der Waals surface area (Å²) in [6, 6.07) is 4.06. The minimum absolute atomic E-state index is 0.0412. The Morgan fingerprint density at radius 1 is 1.28 bits per heavy atom. The van der Waals surface area contributed by atoms with E-state index < -0.39 is 16.1 Å². The zero-order valence-electron chi connectivity index (χ0n) is 19.5. The molecule has 1 heterocycles. The summed E-state index contributed by atoms with van der Waals surface area (Å²) in [6.07, 6.45) is 3.59. The van der Waals surface area contributed by atoms with E-state index in [9.17, 15) is 18.0 Å². The van der Waals surface area contributed by atoms with Gasteiger partial charge in [0.05, 0.1) is 17.0 Å². The number of rotatable bonds is 9. The minimum Gasteiger partial charge on any atom is -0.353 e. The third-order valence-corrected chi connectivity index (χ3v) is 8.12. The molecule has 0 bridgehead atoms. The lowest BCUT2D eigenvalue weighted by Gasteiger charge is -2.35. The molecule has 0 saturated carbocycles. The van der Waals surface area contributed by atoms with Crippen molar-refractivity contribution in [2.24, 2.45) is 5.92 Å². The van der Waals surface area contributed by atoms with Gasteiger partial charge in [-0.15, -0.1) is 0 Å². The first kappa shape index (κ1) is 26.6. The average molecular weight is 487 g/mol. The molecule has 1 aliphatic heterocycles. The van der Waals surface area contributed by atoms with E-state index in [0.717, 1.165) is 36.5 Å². The molecule has 3 unspecified atom stereocenters. The van der Waals surface area contributed by atoms with Gasteiger partial charge in [0.2, 0.25) is 21.8 Å². The number of nitrogens with zero attached hydrogens (tertiary/aromatic N) is 2. The van der Waals surface area contributed by atoms with Crippen LogP contribution in [0.2, 0.25) is 5.02 Å². The van der Waals surface area contributed by atoms with Crippen LogP contribution in [0.4, 0.5) is 5.69 Å². The van der Waals surface area contributed by atoms with E-state index in [0.29, 0.717) is 12.2 Å². The number of halogens is 1. The summed E-state index contributed by atoms with van der Waals surface area (Å²) in [5.74, 6) is -0.369. The number of nitrogens with one attached hydrogen (secondary N) is 2. The number of amides is 2. The predicted molar refractivity (Wildman–Crippen MR) is 127 cm³/mol. The van der Waals surface area contributed by atoms with Crippen molar-refractivity contribution in [3.05, 3.63) is 23.2 Å². The quantitative estimate of drug-likeness (QED) is 0.559. The zero-order chi connectivity index (χ0) is 24.1. The number of anilines is 1. The van der Waals surface area contributed by atoms with Gasteiger partial charge in [-0.25, -0.2) is 12.7 Å². The van der Waals surface area contributed by atoms with Gasteiger partial charge in [-0.05, 0) is 57.9 Å². The number of piperidine rings is 1. The van der Waals surface area contributed by atoms with Crippen LogP contribution in [0.5, 0.6) is 0 Å². The lowest BCUT2D eigenvalue weighted by atomic mass is 9.95. The third-order valence-electron chi connectivity index (χ3n) is 5.82. The molecule has 1 aliphatic rings. The Kier molecular flexibility index (Phi) is 9.51. The lowest BCUT2D eigenvalue weighted by Crippen LogP contribution is -2.50. The monoisotopic (exact) mass is 486 g/mol. The molecule has 32 heavy (non-hydrogen) atoms. The summed E-state index contributed by atoms with van der Waals surface area (Å²) >= 11 is 6.08. The van der Waals surface area contributed by atoms with Crippen molar-refractivity contribution in [3.63, 3.8) is 0 Å². The van der Waals surface area contributed by atoms with Crippen LogP contribution in [0.1, 0.15) is 46.5 Å². The van der Waals surface area contributed by atoms with Gasteiger partial charge < -0.3 is 10.6 Å². The smallest absolute Gasteiger partial charge is 0.244 e. The van der Waals surface area contributed by atoms with Crippen LogP contribution >= 0.6 is 11.6 Å². The highest BCUT2D eigenvalue weighted by Crippen LogP contribution is 2.27. The van der Waals surface area contributed by atoms with Crippen molar-refractivity contribution < 1.29 is 18.0 Å². The van der Waals surface area contributed by atoms with E-state index in [1.54, 1.807) is 13.0 Å². The van der Waals surface area contributed by atoms with Gasteiger partial charge in [0, 0.05) is 32.4 Å². The van der Waals surface area contributed by atoms with E-state index in [4.69, 9.17) is 11.6 Å². The minimum atomic E-state index is -3.74. The summed E-state index contributed by atoms with van der Waals surface area (Å²) in [7, 11) is -0.899. The molecule has 1 fully saturated rings. The summed E-state index contributed by atoms with van der Waals surface area (Å²) < 4.78 is 26.0. The largest absolute Gasteiger partial charge is 0.353 e. The second kappa shape index (κ2) is 11.4. The molecule has 10 heteroatoms. The highest BCUT2D eigenvalue weighted by Gasteiger charge is 2.31. The Bertz CT molecular complexity index is 923. The average Bonchev–Trinajstić information content (AvgIpc) is 2.74. The van der Waals surface area contributed by atoms with Crippen molar-refractivity contribution in [2.75, 3.05) is 32.5 Å². The standard InChI is InChI=1S/C22H35ClN4O4S/c1-6-8-15(2)24-22(29)17-9-7-12-27(14-17)16(3)21(28)25-18-10-11-19(23)20(13-18)32(30,31)26(4)5/h10-11,13,15-17H,6-9,12,14H2,1-5H3,(H,24,29)(H,25,28). The molecular weight excluding hydrogens is 452 g/mol. The van der Waals surface area contributed by atoms with Crippen molar-refractivity contribution in [2.45, 2.75) is 63.4 Å². The Morgan fingerprint density at radius 3 is 2.59 bits per heavy atom. The first-order chi connectivity index (χ1) is 15.0. The van der Waals surface area contributed by atoms with Gasteiger partial charge in [0.15, 0.2) is 0 Å². The van der Waals surface area contributed by atoms with Crippen LogP contribution in [0.25, 0.3) is 0 Å². The van der Waals surface area contributed by atoms with Gasteiger partial charge in [0.1, 0.15) is 4.90 Å². The second-order valence-electron chi connectivity index (χ2n) is 8.63. The van der Waals surface area contributed by atoms with E-state index in [-0.39, 0.29) is 33.7 Å². The van der Waals surface area contributed by atoms with Crippen LogP contribution in [0.3, 0.4) is 0 Å². The third kappa shape index (κ3) is 6.66. The van der Waals surface area contributed by atoms with Gasteiger partial charge in [-0.2, -0.15) is 0 Å². The molecule has 2 rings (SSSR count). The molecule has 8 nitrogen and oxygen atoms in total. The topological polar surface area (TPSA) is 98.8 Å². The molecule has 1 aromatic carbocycles. The molecule has 2 amide bonds. The van der Waals surface area contributed by atoms with Crippen LogP contribution in [-0.2, 0) is 19.6 Å². The summed E-state index contributed by atoms with van der Waals surface area (Å²) in [4.78, 5) is 27.4. The molecular formula is C22H35ClN4O4S. The summed E-state index contributed by atoms with van der Waals surface area (Å²) in [5, 5.41) is 5.95.